The summed E-state index contributed by atoms with van der Waals surface area (Å²) in [5.41, 5.74) is 4.52. The molecule has 1 atom stereocenters. The van der Waals surface area contributed by atoms with Crippen LogP contribution in [0.5, 0.6) is 5.75 Å². The summed E-state index contributed by atoms with van der Waals surface area (Å²) in [6.45, 7) is 6.13. The van der Waals surface area contributed by atoms with Gasteiger partial charge in [-0.05, 0) is 79.9 Å². The number of esters is 1. The van der Waals surface area contributed by atoms with E-state index < -0.39 is 23.7 Å². The fraction of sp³-hybridized carbons (Fsp3) is 0.171. The summed E-state index contributed by atoms with van der Waals surface area (Å²) in [6, 6.07) is 27.9. The van der Waals surface area contributed by atoms with Crippen LogP contribution in [-0.2, 0) is 20.9 Å². The third-order valence-corrected chi connectivity index (χ3v) is 7.14. The molecule has 42 heavy (non-hydrogen) atoms. The van der Waals surface area contributed by atoms with Crippen LogP contribution in [0.15, 0.2) is 103 Å². The van der Waals surface area contributed by atoms with Gasteiger partial charge in [0.1, 0.15) is 18.1 Å². The maximum absolute atomic E-state index is 13.5. The molecule has 4 aromatic rings. The SMILES string of the molecule is CCOC(=O)c1ccc(N2C(=O)C(=O)/C(=C(\O)c3ccc(OCc4ccccc4)c(C)c3)C2c2cccc(C)c2)cc1. The van der Waals surface area contributed by atoms with Gasteiger partial charge in [-0.1, -0.05) is 60.2 Å². The molecule has 5 rings (SSSR count). The monoisotopic (exact) mass is 561 g/mol. The molecule has 1 N–H and O–H groups in total. The van der Waals surface area contributed by atoms with E-state index in [0.717, 1.165) is 16.7 Å². The fourth-order valence-electron chi connectivity index (χ4n) is 5.08. The van der Waals surface area contributed by atoms with Gasteiger partial charge in [-0.2, -0.15) is 0 Å². The van der Waals surface area contributed by atoms with Crippen molar-refractivity contribution in [2.24, 2.45) is 0 Å². The van der Waals surface area contributed by atoms with Crippen molar-refractivity contribution in [2.45, 2.75) is 33.4 Å². The third kappa shape index (κ3) is 5.67. The maximum Gasteiger partial charge on any atom is 0.338 e. The lowest BCUT2D eigenvalue weighted by Gasteiger charge is -2.26. The number of benzene rings is 4. The molecule has 0 bridgehead atoms. The Hall–Kier alpha value is -5.17. The van der Waals surface area contributed by atoms with Gasteiger partial charge in [-0.25, -0.2) is 4.79 Å². The number of rotatable bonds is 8. The lowest BCUT2D eigenvalue weighted by Crippen LogP contribution is -2.29. The molecule has 0 spiro atoms. The van der Waals surface area contributed by atoms with Gasteiger partial charge in [0, 0.05) is 11.3 Å². The Morgan fingerprint density at radius 2 is 1.57 bits per heavy atom. The number of carbonyl (C=O) groups is 3. The van der Waals surface area contributed by atoms with Gasteiger partial charge in [-0.15, -0.1) is 0 Å². The number of amides is 1. The molecule has 212 valence electrons. The van der Waals surface area contributed by atoms with E-state index >= 15 is 0 Å². The van der Waals surface area contributed by atoms with Crippen LogP contribution in [0.4, 0.5) is 5.69 Å². The number of hydrogen-bond donors (Lipinski definition) is 1. The Morgan fingerprint density at radius 3 is 2.24 bits per heavy atom. The van der Waals surface area contributed by atoms with Crippen LogP contribution in [0.2, 0.25) is 0 Å². The molecule has 1 amide bonds. The van der Waals surface area contributed by atoms with Crippen LogP contribution in [0.25, 0.3) is 5.76 Å². The van der Waals surface area contributed by atoms with Gasteiger partial charge in [0.15, 0.2) is 0 Å². The van der Waals surface area contributed by atoms with Crippen LogP contribution < -0.4 is 9.64 Å². The normalized spacial score (nSPS) is 16.0. The van der Waals surface area contributed by atoms with E-state index in [0.29, 0.717) is 34.7 Å². The highest BCUT2D eigenvalue weighted by Gasteiger charge is 2.47. The summed E-state index contributed by atoms with van der Waals surface area (Å²) in [6.07, 6.45) is 0. The summed E-state index contributed by atoms with van der Waals surface area (Å²) in [7, 11) is 0. The average Bonchev–Trinajstić information content (AvgIpc) is 3.26. The van der Waals surface area contributed by atoms with Crippen LogP contribution in [0.3, 0.4) is 0 Å². The van der Waals surface area contributed by atoms with Crippen LogP contribution >= 0.6 is 0 Å². The van der Waals surface area contributed by atoms with E-state index in [1.165, 1.54) is 4.90 Å². The molecule has 0 aliphatic carbocycles. The highest BCUT2D eigenvalue weighted by molar-refractivity contribution is 6.51. The second-order valence-electron chi connectivity index (χ2n) is 10.1. The molecule has 1 saturated heterocycles. The molecular weight excluding hydrogens is 530 g/mol. The second kappa shape index (κ2) is 12.1. The molecule has 1 aliphatic heterocycles. The van der Waals surface area contributed by atoms with Crippen molar-refractivity contribution in [2.75, 3.05) is 11.5 Å². The van der Waals surface area contributed by atoms with Crippen molar-refractivity contribution in [3.05, 3.63) is 136 Å². The Labute approximate surface area is 244 Å². The molecule has 0 aromatic heterocycles. The van der Waals surface area contributed by atoms with Crippen LogP contribution in [0.1, 0.15) is 51.1 Å². The molecular formula is C35H31NO6. The maximum atomic E-state index is 13.5. The number of ketones is 1. The predicted octanol–water partition coefficient (Wildman–Crippen LogP) is 6.69. The Kier molecular flexibility index (Phi) is 8.20. The first-order valence-corrected chi connectivity index (χ1v) is 13.7. The number of anilines is 1. The van der Waals surface area contributed by atoms with Crippen molar-refractivity contribution in [3.8, 4) is 5.75 Å². The average molecular weight is 562 g/mol. The van der Waals surface area contributed by atoms with Gasteiger partial charge >= 0.3 is 5.97 Å². The molecule has 0 radical (unpaired) electrons. The number of carbonyl (C=O) groups excluding carboxylic acids is 3. The second-order valence-corrected chi connectivity index (χ2v) is 10.1. The third-order valence-electron chi connectivity index (χ3n) is 7.14. The minimum Gasteiger partial charge on any atom is -0.507 e. The van der Waals surface area contributed by atoms with E-state index in [1.807, 2.05) is 68.4 Å². The van der Waals surface area contributed by atoms with E-state index in [-0.39, 0.29) is 17.9 Å². The highest BCUT2D eigenvalue weighted by Crippen LogP contribution is 2.42. The molecule has 1 unspecified atom stereocenters. The molecule has 0 saturated carbocycles. The minimum atomic E-state index is -0.882. The van der Waals surface area contributed by atoms with Gasteiger partial charge in [0.25, 0.3) is 11.7 Å². The lowest BCUT2D eigenvalue weighted by molar-refractivity contribution is -0.132. The predicted molar refractivity (Wildman–Crippen MR) is 160 cm³/mol. The number of nitrogens with zero attached hydrogens (tertiary/aromatic N) is 1. The van der Waals surface area contributed by atoms with Crippen LogP contribution in [-0.4, -0.2) is 29.4 Å². The molecule has 7 nitrogen and oxygen atoms in total. The smallest absolute Gasteiger partial charge is 0.338 e. The van der Waals surface area contributed by atoms with Crippen molar-refractivity contribution >= 4 is 29.1 Å². The summed E-state index contributed by atoms with van der Waals surface area (Å²) in [5, 5.41) is 11.6. The summed E-state index contributed by atoms with van der Waals surface area (Å²) >= 11 is 0. The lowest BCUT2D eigenvalue weighted by atomic mass is 9.93. The summed E-state index contributed by atoms with van der Waals surface area (Å²) in [5.74, 6) is -1.68. The Morgan fingerprint density at radius 1 is 0.857 bits per heavy atom. The zero-order valence-corrected chi connectivity index (χ0v) is 23.7. The zero-order chi connectivity index (χ0) is 29.8. The first kappa shape index (κ1) is 28.4. The topological polar surface area (TPSA) is 93.1 Å². The van der Waals surface area contributed by atoms with Crippen molar-refractivity contribution in [1.82, 2.24) is 0 Å². The van der Waals surface area contributed by atoms with Crippen molar-refractivity contribution < 1.29 is 29.0 Å². The van der Waals surface area contributed by atoms with Gasteiger partial charge in [0.05, 0.1) is 23.8 Å². The molecule has 1 heterocycles. The largest absolute Gasteiger partial charge is 0.507 e. The number of aliphatic hydroxyl groups excluding tert-OH is 1. The Balaban J connectivity index is 1.54. The molecule has 1 aliphatic rings. The van der Waals surface area contributed by atoms with E-state index in [9.17, 15) is 19.5 Å². The fourth-order valence-corrected chi connectivity index (χ4v) is 5.08. The zero-order valence-electron chi connectivity index (χ0n) is 23.7. The molecule has 4 aromatic carbocycles. The van der Waals surface area contributed by atoms with Crippen LogP contribution in [0, 0.1) is 13.8 Å². The summed E-state index contributed by atoms with van der Waals surface area (Å²) < 4.78 is 11.0. The Bertz CT molecular complexity index is 1670. The van der Waals surface area contributed by atoms with E-state index in [1.54, 1.807) is 49.4 Å². The van der Waals surface area contributed by atoms with Crippen molar-refractivity contribution in [1.29, 1.82) is 0 Å². The highest BCUT2D eigenvalue weighted by atomic mass is 16.5. The van der Waals surface area contributed by atoms with Crippen molar-refractivity contribution in [3.63, 3.8) is 0 Å². The minimum absolute atomic E-state index is 0.0163. The molecule has 7 heteroatoms. The van der Waals surface area contributed by atoms with Gasteiger partial charge < -0.3 is 14.6 Å². The standard InChI is InChI=1S/C35H31NO6/c1-4-41-35(40)25-13-16-28(17-14-25)36-31(26-12-8-9-22(2)19-26)30(33(38)34(36)39)32(37)27-15-18-29(23(3)20-27)42-21-24-10-6-5-7-11-24/h5-20,31,37H,4,21H2,1-3H3/b32-30-. The number of aryl methyl sites for hydroxylation is 2. The van der Waals surface area contributed by atoms with E-state index in [4.69, 9.17) is 9.47 Å². The first-order chi connectivity index (χ1) is 20.3. The van der Waals surface area contributed by atoms with Gasteiger partial charge in [0.2, 0.25) is 0 Å². The van der Waals surface area contributed by atoms with E-state index in [2.05, 4.69) is 0 Å². The summed E-state index contributed by atoms with van der Waals surface area (Å²) in [4.78, 5) is 40.6. The first-order valence-electron chi connectivity index (χ1n) is 13.7. The number of ether oxygens (including phenoxy) is 2. The molecule has 1 fully saturated rings. The number of hydrogen-bond acceptors (Lipinski definition) is 6. The van der Waals surface area contributed by atoms with Gasteiger partial charge in [-0.3, -0.25) is 14.5 Å². The number of aliphatic hydroxyl groups is 1. The quantitative estimate of drug-likeness (QED) is 0.112. The number of Topliss-reactive ketones (excluding diaryl/α,β-unsaturated/α-hetero) is 1.